The third-order valence-electron chi connectivity index (χ3n) is 3.64. The Labute approximate surface area is 152 Å². The molecule has 1 heterocycles. The summed E-state index contributed by atoms with van der Waals surface area (Å²) in [4.78, 5) is 6.38. The highest BCUT2D eigenvalue weighted by Gasteiger charge is 2.13. The molecule has 8 heteroatoms. The number of hydrogen-bond acceptors (Lipinski definition) is 6. The van der Waals surface area contributed by atoms with E-state index in [2.05, 4.69) is 21.8 Å². The van der Waals surface area contributed by atoms with E-state index in [0.29, 0.717) is 37.2 Å². The van der Waals surface area contributed by atoms with Gasteiger partial charge >= 0.3 is 6.61 Å². The second-order valence-corrected chi connectivity index (χ2v) is 5.97. The molecular weight excluding hydrogens is 344 g/mol. The monoisotopic (exact) mass is 369 g/mol. The number of alkyl halides is 2. The zero-order valence-electron chi connectivity index (χ0n) is 15.4. The third kappa shape index (κ3) is 6.25. The molecule has 0 radical (unpaired) electrons. The van der Waals surface area contributed by atoms with Crippen LogP contribution in [0.25, 0.3) is 0 Å². The van der Waals surface area contributed by atoms with E-state index in [9.17, 15) is 8.78 Å². The van der Waals surface area contributed by atoms with Crippen molar-refractivity contribution in [1.82, 2.24) is 15.0 Å². The van der Waals surface area contributed by atoms with Crippen LogP contribution in [-0.2, 0) is 19.5 Å². The topological polar surface area (TPSA) is 60.6 Å². The number of nitrogens with zero attached hydrogens (tertiary/aromatic N) is 3. The van der Waals surface area contributed by atoms with Crippen LogP contribution in [0.15, 0.2) is 22.7 Å². The van der Waals surface area contributed by atoms with E-state index in [4.69, 9.17) is 9.26 Å². The first-order valence-electron chi connectivity index (χ1n) is 8.72. The Kier molecular flexibility index (Phi) is 7.77. The number of benzene rings is 1. The van der Waals surface area contributed by atoms with Gasteiger partial charge in [0.15, 0.2) is 17.3 Å². The highest BCUT2D eigenvalue weighted by Crippen LogP contribution is 2.30. The Hall–Kier alpha value is -2.22. The van der Waals surface area contributed by atoms with Gasteiger partial charge in [0.1, 0.15) is 0 Å². The molecule has 26 heavy (non-hydrogen) atoms. The number of halogens is 2. The zero-order valence-corrected chi connectivity index (χ0v) is 15.4. The molecule has 0 saturated carbocycles. The third-order valence-corrected chi connectivity index (χ3v) is 3.64. The minimum atomic E-state index is -2.89. The maximum absolute atomic E-state index is 12.5. The van der Waals surface area contributed by atoms with Gasteiger partial charge in [-0.25, -0.2) is 0 Å². The average Bonchev–Trinajstić information content (AvgIpc) is 3.02. The van der Waals surface area contributed by atoms with E-state index in [0.717, 1.165) is 24.8 Å². The number of rotatable bonds is 11. The van der Waals surface area contributed by atoms with Crippen LogP contribution in [0.4, 0.5) is 8.78 Å². The molecule has 6 nitrogen and oxygen atoms in total. The van der Waals surface area contributed by atoms with Gasteiger partial charge in [-0.1, -0.05) is 24.6 Å². The summed E-state index contributed by atoms with van der Waals surface area (Å²) in [6, 6.07) is 4.94. The normalized spacial score (nSPS) is 11.3. The van der Waals surface area contributed by atoms with Gasteiger partial charge in [0.25, 0.3) is 0 Å². The fourth-order valence-electron chi connectivity index (χ4n) is 2.51. The van der Waals surface area contributed by atoms with Gasteiger partial charge in [0.2, 0.25) is 5.89 Å². The summed E-state index contributed by atoms with van der Waals surface area (Å²) in [7, 11) is 1.92. The Morgan fingerprint density at radius 3 is 2.69 bits per heavy atom. The number of unbranched alkanes of at least 4 members (excludes halogenated alkanes) is 1. The van der Waals surface area contributed by atoms with E-state index in [1.807, 2.05) is 11.9 Å². The molecule has 144 valence electrons. The summed E-state index contributed by atoms with van der Waals surface area (Å²) in [5.41, 5.74) is 0.910. The second-order valence-electron chi connectivity index (χ2n) is 5.97. The fraction of sp³-hybridized carbons (Fsp3) is 0.556. The molecule has 0 bridgehead atoms. The smallest absolute Gasteiger partial charge is 0.387 e. The first-order valence-corrected chi connectivity index (χ1v) is 8.72. The first-order chi connectivity index (χ1) is 12.5. The van der Waals surface area contributed by atoms with Crippen molar-refractivity contribution in [3.05, 3.63) is 35.5 Å². The molecule has 0 saturated heterocycles. The molecule has 2 rings (SSSR count). The maximum Gasteiger partial charge on any atom is 0.387 e. The summed E-state index contributed by atoms with van der Waals surface area (Å²) >= 11 is 0. The molecular formula is C18H25F2N3O3. The van der Waals surface area contributed by atoms with Crippen LogP contribution in [0.1, 0.15) is 44.0 Å². The highest BCUT2D eigenvalue weighted by molar-refractivity contribution is 5.43. The molecule has 1 aromatic carbocycles. The Bertz CT molecular complexity index is 679. The van der Waals surface area contributed by atoms with Gasteiger partial charge in [-0.05, 0) is 38.1 Å². The van der Waals surface area contributed by atoms with Crippen molar-refractivity contribution in [3.63, 3.8) is 0 Å². The van der Waals surface area contributed by atoms with Crippen molar-refractivity contribution in [3.8, 4) is 11.5 Å². The molecule has 0 fully saturated rings. The van der Waals surface area contributed by atoms with E-state index >= 15 is 0 Å². The van der Waals surface area contributed by atoms with E-state index in [-0.39, 0.29) is 5.75 Å². The molecule has 0 amide bonds. The van der Waals surface area contributed by atoms with Gasteiger partial charge in [0.05, 0.1) is 13.2 Å². The van der Waals surface area contributed by atoms with Crippen molar-refractivity contribution in [2.24, 2.45) is 0 Å². The minimum Gasteiger partial charge on any atom is -0.490 e. The SMILES string of the molecule is CCCCc1nc(CN(C)Cc2ccc(OC(F)F)c(OCC)c2)no1. The van der Waals surface area contributed by atoms with Crippen molar-refractivity contribution in [2.45, 2.75) is 52.8 Å². The van der Waals surface area contributed by atoms with Crippen LogP contribution in [-0.4, -0.2) is 35.3 Å². The van der Waals surface area contributed by atoms with Gasteiger partial charge < -0.3 is 14.0 Å². The van der Waals surface area contributed by atoms with Crippen molar-refractivity contribution < 1.29 is 22.8 Å². The lowest BCUT2D eigenvalue weighted by molar-refractivity contribution is -0.0514. The lowest BCUT2D eigenvalue weighted by Gasteiger charge is -2.17. The van der Waals surface area contributed by atoms with Crippen molar-refractivity contribution in [1.29, 1.82) is 0 Å². The van der Waals surface area contributed by atoms with Gasteiger partial charge in [0, 0.05) is 13.0 Å². The van der Waals surface area contributed by atoms with E-state index in [1.165, 1.54) is 6.07 Å². The summed E-state index contributed by atoms with van der Waals surface area (Å²) in [5.74, 6) is 1.62. The van der Waals surface area contributed by atoms with Crippen LogP contribution in [0.2, 0.25) is 0 Å². The predicted octanol–water partition coefficient (Wildman–Crippen LogP) is 4.04. The van der Waals surface area contributed by atoms with E-state index in [1.54, 1.807) is 19.1 Å². The van der Waals surface area contributed by atoms with Crippen LogP contribution >= 0.6 is 0 Å². The number of ether oxygens (including phenoxy) is 2. The summed E-state index contributed by atoms with van der Waals surface area (Å²) in [6.07, 6.45) is 2.88. The van der Waals surface area contributed by atoms with Gasteiger partial charge in [-0.3, -0.25) is 4.90 Å². The van der Waals surface area contributed by atoms with Crippen LogP contribution in [0.5, 0.6) is 11.5 Å². The van der Waals surface area contributed by atoms with Crippen LogP contribution in [0, 0.1) is 0 Å². The quantitative estimate of drug-likeness (QED) is 0.596. The number of aryl methyl sites for hydroxylation is 1. The zero-order chi connectivity index (χ0) is 18.9. The molecule has 0 aliphatic heterocycles. The average molecular weight is 369 g/mol. The Morgan fingerprint density at radius 1 is 1.19 bits per heavy atom. The first kappa shape index (κ1) is 20.1. The standard InChI is InChI=1S/C18H25F2N3O3/c1-4-6-7-17-21-16(22-26-17)12-23(3)11-13-8-9-14(25-18(19)20)15(10-13)24-5-2/h8-10,18H,4-7,11-12H2,1-3H3. The Balaban J connectivity index is 1.98. The lowest BCUT2D eigenvalue weighted by Crippen LogP contribution is -2.18. The largest absolute Gasteiger partial charge is 0.490 e. The van der Waals surface area contributed by atoms with Crippen LogP contribution in [0.3, 0.4) is 0 Å². The molecule has 0 unspecified atom stereocenters. The molecule has 0 aliphatic carbocycles. The summed E-state index contributed by atoms with van der Waals surface area (Å²) in [5, 5.41) is 3.99. The second kappa shape index (κ2) is 10.1. The molecule has 0 atom stereocenters. The van der Waals surface area contributed by atoms with Crippen molar-refractivity contribution >= 4 is 0 Å². The molecule has 2 aromatic rings. The molecule has 1 aromatic heterocycles. The predicted molar refractivity (Wildman–Crippen MR) is 92.3 cm³/mol. The maximum atomic E-state index is 12.5. The van der Waals surface area contributed by atoms with Crippen LogP contribution < -0.4 is 9.47 Å². The lowest BCUT2D eigenvalue weighted by atomic mass is 10.2. The van der Waals surface area contributed by atoms with Crippen molar-refractivity contribution in [2.75, 3.05) is 13.7 Å². The summed E-state index contributed by atoms with van der Waals surface area (Å²) in [6.45, 7) is 2.48. The fourth-order valence-corrected chi connectivity index (χ4v) is 2.51. The molecule has 0 aliphatic rings. The van der Waals surface area contributed by atoms with Gasteiger partial charge in [-0.15, -0.1) is 0 Å². The number of aromatic nitrogens is 2. The van der Waals surface area contributed by atoms with Gasteiger partial charge in [-0.2, -0.15) is 13.8 Å². The molecule has 0 spiro atoms. The summed E-state index contributed by atoms with van der Waals surface area (Å²) < 4.78 is 40.0. The Morgan fingerprint density at radius 2 is 2.00 bits per heavy atom. The van der Waals surface area contributed by atoms with E-state index < -0.39 is 6.61 Å². The minimum absolute atomic E-state index is 0.0342. The number of hydrogen-bond donors (Lipinski definition) is 0. The molecule has 0 N–H and O–H groups in total. The highest BCUT2D eigenvalue weighted by atomic mass is 19.3.